The number of rotatable bonds is 2. The highest BCUT2D eigenvalue weighted by Crippen LogP contribution is 2.41. The van der Waals surface area contributed by atoms with Gasteiger partial charge in [-0.1, -0.05) is 22.9 Å². The SMILES string of the molecule is CC1CCC(O)(C(O)c2cc(Br)ccc2F)CC1. The molecule has 1 aliphatic carbocycles. The van der Waals surface area contributed by atoms with Crippen LogP contribution in [0.1, 0.15) is 44.3 Å². The van der Waals surface area contributed by atoms with Crippen LogP contribution in [0.3, 0.4) is 0 Å². The third-order valence-electron chi connectivity index (χ3n) is 3.90. The highest BCUT2D eigenvalue weighted by atomic mass is 79.9. The average Bonchev–Trinajstić information content (AvgIpc) is 2.35. The zero-order valence-electron chi connectivity index (χ0n) is 10.4. The molecule has 100 valence electrons. The molecule has 2 rings (SSSR count). The second kappa shape index (κ2) is 5.27. The molecular formula is C14H18BrFO2. The number of halogens is 2. The number of hydrogen-bond donors (Lipinski definition) is 2. The lowest BCUT2D eigenvalue weighted by molar-refractivity contribution is -0.106. The van der Waals surface area contributed by atoms with E-state index in [2.05, 4.69) is 22.9 Å². The number of aliphatic hydroxyl groups excluding tert-OH is 1. The Morgan fingerprint density at radius 3 is 2.61 bits per heavy atom. The fourth-order valence-electron chi connectivity index (χ4n) is 2.55. The Morgan fingerprint density at radius 1 is 1.39 bits per heavy atom. The molecule has 1 unspecified atom stereocenters. The lowest BCUT2D eigenvalue weighted by Gasteiger charge is -2.38. The van der Waals surface area contributed by atoms with Crippen molar-refractivity contribution in [1.82, 2.24) is 0 Å². The molecule has 0 aromatic heterocycles. The largest absolute Gasteiger partial charge is 0.387 e. The first-order valence-electron chi connectivity index (χ1n) is 6.28. The molecule has 0 heterocycles. The molecule has 0 aliphatic heterocycles. The number of benzene rings is 1. The molecule has 1 aliphatic rings. The van der Waals surface area contributed by atoms with Crippen LogP contribution >= 0.6 is 15.9 Å². The van der Waals surface area contributed by atoms with Gasteiger partial charge in [0, 0.05) is 10.0 Å². The molecule has 0 bridgehead atoms. The Hall–Kier alpha value is -0.450. The van der Waals surface area contributed by atoms with Gasteiger partial charge >= 0.3 is 0 Å². The van der Waals surface area contributed by atoms with Crippen molar-refractivity contribution in [2.24, 2.45) is 5.92 Å². The van der Waals surface area contributed by atoms with Crippen molar-refractivity contribution in [3.8, 4) is 0 Å². The van der Waals surface area contributed by atoms with Crippen molar-refractivity contribution in [1.29, 1.82) is 0 Å². The van der Waals surface area contributed by atoms with Crippen LogP contribution in [-0.2, 0) is 0 Å². The maximum atomic E-state index is 13.7. The van der Waals surface area contributed by atoms with Gasteiger partial charge in [-0.25, -0.2) is 4.39 Å². The minimum atomic E-state index is -1.20. The fourth-order valence-corrected chi connectivity index (χ4v) is 2.93. The normalized spacial score (nSPS) is 30.2. The minimum absolute atomic E-state index is 0.168. The third kappa shape index (κ3) is 2.76. The van der Waals surface area contributed by atoms with Crippen LogP contribution in [0.4, 0.5) is 4.39 Å². The Labute approximate surface area is 115 Å². The molecule has 1 saturated carbocycles. The Morgan fingerprint density at radius 2 is 2.00 bits per heavy atom. The van der Waals surface area contributed by atoms with Crippen molar-refractivity contribution in [3.05, 3.63) is 34.1 Å². The minimum Gasteiger partial charge on any atom is -0.387 e. The summed E-state index contributed by atoms with van der Waals surface area (Å²) in [5, 5.41) is 20.8. The molecule has 0 saturated heterocycles. The number of hydrogen-bond acceptors (Lipinski definition) is 2. The lowest BCUT2D eigenvalue weighted by atomic mass is 9.75. The second-order valence-corrected chi connectivity index (χ2v) is 6.27. The van der Waals surface area contributed by atoms with E-state index in [1.54, 1.807) is 6.07 Å². The maximum Gasteiger partial charge on any atom is 0.129 e. The third-order valence-corrected chi connectivity index (χ3v) is 4.39. The van der Waals surface area contributed by atoms with E-state index < -0.39 is 17.5 Å². The van der Waals surface area contributed by atoms with Crippen molar-refractivity contribution in [3.63, 3.8) is 0 Å². The molecule has 2 N–H and O–H groups in total. The summed E-state index contributed by atoms with van der Waals surface area (Å²) >= 11 is 3.26. The first-order chi connectivity index (χ1) is 8.42. The molecule has 1 atom stereocenters. The van der Waals surface area contributed by atoms with Gasteiger partial charge in [-0.3, -0.25) is 0 Å². The van der Waals surface area contributed by atoms with Gasteiger partial charge in [-0.15, -0.1) is 0 Å². The van der Waals surface area contributed by atoms with Crippen molar-refractivity contribution < 1.29 is 14.6 Å². The summed E-state index contributed by atoms with van der Waals surface area (Å²) < 4.78 is 14.4. The van der Waals surface area contributed by atoms with E-state index in [9.17, 15) is 14.6 Å². The van der Waals surface area contributed by atoms with Crippen LogP contribution in [0.2, 0.25) is 0 Å². The highest BCUT2D eigenvalue weighted by Gasteiger charge is 2.40. The molecule has 0 radical (unpaired) electrons. The Bertz CT molecular complexity index is 428. The zero-order valence-corrected chi connectivity index (χ0v) is 12.0. The molecule has 4 heteroatoms. The fraction of sp³-hybridized carbons (Fsp3) is 0.571. The zero-order chi connectivity index (χ0) is 13.3. The molecular weight excluding hydrogens is 299 g/mol. The summed E-state index contributed by atoms with van der Waals surface area (Å²) in [6, 6.07) is 4.42. The summed E-state index contributed by atoms with van der Waals surface area (Å²) in [7, 11) is 0. The Balaban J connectivity index is 2.24. The summed E-state index contributed by atoms with van der Waals surface area (Å²) in [5.41, 5.74) is -1.03. The van der Waals surface area contributed by atoms with Gasteiger partial charge in [0.15, 0.2) is 0 Å². The predicted molar refractivity (Wildman–Crippen MR) is 71.6 cm³/mol. The van der Waals surface area contributed by atoms with E-state index in [0.29, 0.717) is 23.2 Å². The van der Waals surface area contributed by atoms with E-state index >= 15 is 0 Å². The van der Waals surface area contributed by atoms with E-state index in [1.807, 2.05) is 0 Å². The molecule has 18 heavy (non-hydrogen) atoms. The molecule has 1 aromatic rings. The second-order valence-electron chi connectivity index (χ2n) is 5.35. The molecule has 0 amide bonds. The highest BCUT2D eigenvalue weighted by molar-refractivity contribution is 9.10. The Kier molecular flexibility index (Phi) is 4.09. The molecule has 0 spiro atoms. The van der Waals surface area contributed by atoms with E-state index in [-0.39, 0.29) is 5.56 Å². The van der Waals surface area contributed by atoms with Gasteiger partial charge in [0.05, 0.1) is 5.60 Å². The maximum absolute atomic E-state index is 13.7. The summed E-state index contributed by atoms with van der Waals surface area (Å²) in [4.78, 5) is 0. The summed E-state index contributed by atoms with van der Waals surface area (Å²) in [6.45, 7) is 2.13. The first kappa shape index (κ1) is 14.0. The van der Waals surface area contributed by atoms with E-state index in [1.165, 1.54) is 12.1 Å². The molecule has 2 nitrogen and oxygen atoms in total. The van der Waals surface area contributed by atoms with Crippen LogP contribution < -0.4 is 0 Å². The molecule has 1 fully saturated rings. The van der Waals surface area contributed by atoms with Crippen molar-refractivity contribution >= 4 is 15.9 Å². The van der Waals surface area contributed by atoms with Gasteiger partial charge in [-0.05, 0) is 49.8 Å². The van der Waals surface area contributed by atoms with Gasteiger partial charge in [0.2, 0.25) is 0 Å². The predicted octanol–water partition coefficient (Wildman–Crippen LogP) is 3.56. The first-order valence-corrected chi connectivity index (χ1v) is 7.07. The molecule has 1 aromatic carbocycles. The van der Waals surface area contributed by atoms with Gasteiger partial charge in [0.1, 0.15) is 11.9 Å². The van der Waals surface area contributed by atoms with Crippen LogP contribution in [0.15, 0.2) is 22.7 Å². The summed E-state index contributed by atoms with van der Waals surface area (Å²) in [6.07, 6.45) is 1.59. The van der Waals surface area contributed by atoms with Crippen LogP contribution in [0, 0.1) is 11.7 Å². The topological polar surface area (TPSA) is 40.5 Å². The van der Waals surface area contributed by atoms with Crippen molar-refractivity contribution in [2.75, 3.05) is 0 Å². The quantitative estimate of drug-likeness (QED) is 0.875. The van der Waals surface area contributed by atoms with E-state index in [0.717, 1.165) is 12.8 Å². The van der Waals surface area contributed by atoms with Crippen molar-refractivity contribution in [2.45, 2.75) is 44.3 Å². The van der Waals surface area contributed by atoms with Gasteiger partial charge in [0.25, 0.3) is 0 Å². The van der Waals surface area contributed by atoms with E-state index in [4.69, 9.17) is 0 Å². The van der Waals surface area contributed by atoms with Crippen LogP contribution in [0.5, 0.6) is 0 Å². The monoisotopic (exact) mass is 316 g/mol. The smallest absolute Gasteiger partial charge is 0.129 e. The van der Waals surface area contributed by atoms with Gasteiger partial charge in [-0.2, -0.15) is 0 Å². The van der Waals surface area contributed by atoms with Crippen LogP contribution in [-0.4, -0.2) is 15.8 Å². The number of aliphatic hydroxyl groups is 2. The van der Waals surface area contributed by atoms with Gasteiger partial charge < -0.3 is 10.2 Å². The lowest BCUT2D eigenvalue weighted by Crippen LogP contribution is -2.40. The van der Waals surface area contributed by atoms with Crippen LogP contribution in [0.25, 0.3) is 0 Å². The average molecular weight is 317 g/mol. The summed E-state index contributed by atoms with van der Waals surface area (Å²) in [5.74, 6) is 0.0857. The standard InChI is InChI=1S/C14H18BrFO2/c1-9-4-6-14(18,7-5-9)13(17)11-8-10(15)2-3-12(11)16/h2-3,8-9,13,17-18H,4-7H2,1H3.